The van der Waals surface area contributed by atoms with Crippen molar-refractivity contribution in [2.75, 3.05) is 0 Å². The molecule has 0 saturated heterocycles. The molecule has 0 amide bonds. The van der Waals surface area contributed by atoms with Crippen molar-refractivity contribution in [2.45, 2.75) is 44.4 Å². The third-order valence-corrected chi connectivity index (χ3v) is 4.05. The van der Waals surface area contributed by atoms with E-state index in [-0.39, 0.29) is 6.10 Å². The van der Waals surface area contributed by atoms with Gasteiger partial charge in [0.25, 0.3) is 0 Å². The van der Waals surface area contributed by atoms with E-state index in [2.05, 4.69) is 34.6 Å². The number of aliphatic hydroxyl groups excluding tert-OH is 1. The maximum atomic E-state index is 9.52. The number of pyridine rings is 1. The Hall–Kier alpha value is -1.45. The molecule has 1 aromatic carbocycles. The van der Waals surface area contributed by atoms with Crippen LogP contribution in [0.2, 0.25) is 0 Å². The minimum atomic E-state index is -0.0818. The number of nitrogens with one attached hydrogen (secondary N) is 1. The highest BCUT2D eigenvalue weighted by atomic mass is 16.3. The van der Waals surface area contributed by atoms with Gasteiger partial charge < -0.3 is 10.4 Å². The molecule has 2 N–H and O–H groups in total. The van der Waals surface area contributed by atoms with Gasteiger partial charge in [0.2, 0.25) is 0 Å². The molecule has 1 heterocycles. The lowest BCUT2D eigenvalue weighted by Crippen LogP contribution is -2.34. The summed E-state index contributed by atoms with van der Waals surface area (Å²) in [7, 11) is 0. The van der Waals surface area contributed by atoms with E-state index in [0.29, 0.717) is 6.04 Å². The van der Waals surface area contributed by atoms with Crippen molar-refractivity contribution in [3.05, 3.63) is 42.2 Å². The van der Waals surface area contributed by atoms with Crippen molar-refractivity contribution < 1.29 is 5.11 Å². The van der Waals surface area contributed by atoms with Crippen LogP contribution >= 0.6 is 0 Å². The number of aliphatic hydroxyl groups is 1. The van der Waals surface area contributed by atoms with Gasteiger partial charge in [0.1, 0.15) is 0 Å². The van der Waals surface area contributed by atoms with Gasteiger partial charge in [-0.3, -0.25) is 4.98 Å². The lowest BCUT2D eigenvalue weighted by Gasteiger charge is -2.26. The topological polar surface area (TPSA) is 45.1 Å². The number of aromatic nitrogens is 1. The fraction of sp³-hybridized carbons (Fsp3) is 0.438. The predicted octanol–water partition coefficient (Wildman–Crippen LogP) is 2.63. The second-order valence-electron chi connectivity index (χ2n) is 5.40. The van der Waals surface area contributed by atoms with Crippen LogP contribution in [0, 0.1) is 0 Å². The smallest absolute Gasteiger partial charge is 0.0541 e. The van der Waals surface area contributed by atoms with Gasteiger partial charge in [-0.25, -0.2) is 0 Å². The van der Waals surface area contributed by atoms with E-state index in [4.69, 9.17) is 0 Å². The summed E-state index contributed by atoms with van der Waals surface area (Å²) in [6.07, 6.45) is 7.69. The highest BCUT2D eigenvalue weighted by Gasteiger charge is 2.18. The molecule has 19 heavy (non-hydrogen) atoms. The molecular formula is C16H20N2O. The van der Waals surface area contributed by atoms with E-state index < -0.39 is 0 Å². The van der Waals surface area contributed by atoms with Crippen molar-refractivity contribution >= 4 is 10.8 Å². The van der Waals surface area contributed by atoms with Crippen LogP contribution in [0.15, 0.2) is 36.7 Å². The quantitative estimate of drug-likeness (QED) is 0.887. The first kappa shape index (κ1) is 12.6. The maximum Gasteiger partial charge on any atom is 0.0541 e. The van der Waals surface area contributed by atoms with Gasteiger partial charge in [-0.15, -0.1) is 0 Å². The lowest BCUT2D eigenvalue weighted by molar-refractivity contribution is 0.116. The van der Waals surface area contributed by atoms with Crippen molar-refractivity contribution in [2.24, 2.45) is 0 Å². The molecule has 1 aliphatic rings. The molecule has 3 heteroatoms. The van der Waals surface area contributed by atoms with Gasteiger partial charge in [-0.05, 0) is 42.7 Å². The van der Waals surface area contributed by atoms with Crippen molar-refractivity contribution in [1.82, 2.24) is 10.3 Å². The zero-order valence-corrected chi connectivity index (χ0v) is 11.0. The molecule has 0 unspecified atom stereocenters. The molecule has 0 spiro atoms. The summed E-state index contributed by atoms with van der Waals surface area (Å²) >= 11 is 0. The Balaban J connectivity index is 1.68. The average molecular weight is 256 g/mol. The fourth-order valence-corrected chi connectivity index (χ4v) is 2.88. The monoisotopic (exact) mass is 256 g/mol. The molecule has 100 valence electrons. The zero-order valence-electron chi connectivity index (χ0n) is 11.0. The van der Waals surface area contributed by atoms with Crippen LogP contribution in [0.5, 0.6) is 0 Å². The van der Waals surface area contributed by atoms with Gasteiger partial charge in [-0.1, -0.05) is 18.2 Å². The summed E-state index contributed by atoms with van der Waals surface area (Å²) in [4.78, 5) is 4.16. The second kappa shape index (κ2) is 5.68. The molecule has 1 saturated carbocycles. The van der Waals surface area contributed by atoms with Crippen LogP contribution in [0.4, 0.5) is 0 Å². The lowest BCUT2D eigenvalue weighted by atomic mass is 9.93. The highest BCUT2D eigenvalue weighted by Crippen LogP contribution is 2.21. The van der Waals surface area contributed by atoms with E-state index in [1.54, 1.807) is 0 Å². The number of nitrogens with zero attached hydrogens (tertiary/aromatic N) is 1. The van der Waals surface area contributed by atoms with E-state index in [1.807, 2.05) is 12.4 Å². The summed E-state index contributed by atoms with van der Waals surface area (Å²) in [5, 5.41) is 15.6. The van der Waals surface area contributed by atoms with E-state index in [1.165, 1.54) is 16.3 Å². The first-order valence-corrected chi connectivity index (χ1v) is 7.06. The number of hydrogen-bond acceptors (Lipinski definition) is 3. The Kier molecular flexibility index (Phi) is 3.76. The van der Waals surface area contributed by atoms with Gasteiger partial charge >= 0.3 is 0 Å². The Morgan fingerprint density at radius 1 is 1.16 bits per heavy atom. The van der Waals surface area contributed by atoms with Crippen LogP contribution in [0.25, 0.3) is 10.8 Å². The summed E-state index contributed by atoms with van der Waals surface area (Å²) in [6.45, 7) is 0.891. The van der Waals surface area contributed by atoms with Gasteiger partial charge in [-0.2, -0.15) is 0 Å². The molecule has 3 rings (SSSR count). The Morgan fingerprint density at radius 2 is 2.00 bits per heavy atom. The zero-order chi connectivity index (χ0) is 13.1. The first-order valence-electron chi connectivity index (χ1n) is 7.06. The summed E-state index contributed by atoms with van der Waals surface area (Å²) < 4.78 is 0. The largest absolute Gasteiger partial charge is 0.393 e. The molecule has 0 atom stereocenters. The first-order chi connectivity index (χ1) is 9.33. The van der Waals surface area contributed by atoms with Crippen LogP contribution in [-0.2, 0) is 6.54 Å². The minimum Gasteiger partial charge on any atom is -0.393 e. The molecule has 1 fully saturated rings. The molecule has 1 aliphatic carbocycles. The van der Waals surface area contributed by atoms with Crippen LogP contribution < -0.4 is 5.32 Å². The molecule has 2 aromatic rings. The number of fused-ring (bicyclic) bond motifs is 1. The number of rotatable bonds is 3. The Bertz CT molecular complexity index is 542. The molecule has 3 nitrogen and oxygen atoms in total. The van der Waals surface area contributed by atoms with Gasteiger partial charge in [0, 0.05) is 30.4 Å². The maximum absolute atomic E-state index is 9.52. The van der Waals surface area contributed by atoms with Crippen molar-refractivity contribution in [3.63, 3.8) is 0 Å². The fourth-order valence-electron chi connectivity index (χ4n) is 2.88. The van der Waals surface area contributed by atoms with Crippen LogP contribution in [0.3, 0.4) is 0 Å². The van der Waals surface area contributed by atoms with Crippen molar-refractivity contribution in [1.29, 1.82) is 0 Å². The molecular weight excluding hydrogens is 236 g/mol. The number of hydrogen-bond donors (Lipinski definition) is 2. The van der Waals surface area contributed by atoms with Crippen LogP contribution in [-0.4, -0.2) is 22.2 Å². The van der Waals surface area contributed by atoms with E-state index in [0.717, 1.165) is 32.2 Å². The molecule has 0 bridgehead atoms. The standard InChI is InChI=1S/C16H20N2O/c19-15-6-4-14(5-7-15)18-11-13-3-1-2-12-10-17-9-8-16(12)13/h1-3,8-10,14-15,18-19H,4-7,11H2. The molecule has 0 aliphatic heterocycles. The van der Waals surface area contributed by atoms with Gasteiger partial charge in [0.15, 0.2) is 0 Å². The summed E-state index contributed by atoms with van der Waals surface area (Å²) in [5.74, 6) is 0. The average Bonchev–Trinajstić information content (AvgIpc) is 2.47. The molecule has 1 aromatic heterocycles. The minimum absolute atomic E-state index is 0.0818. The summed E-state index contributed by atoms with van der Waals surface area (Å²) in [6, 6.07) is 8.99. The third kappa shape index (κ3) is 2.94. The second-order valence-corrected chi connectivity index (χ2v) is 5.40. The third-order valence-electron chi connectivity index (χ3n) is 4.05. The predicted molar refractivity (Wildman–Crippen MR) is 76.8 cm³/mol. The van der Waals surface area contributed by atoms with Gasteiger partial charge in [0.05, 0.1) is 6.10 Å². The normalized spacial score (nSPS) is 23.6. The molecule has 0 radical (unpaired) electrons. The van der Waals surface area contributed by atoms with Crippen molar-refractivity contribution in [3.8, 4) is 0 Å². The Labute approximate surface area is 113 Å². The highest BCUT2D eigenvalue weighted by molar-refractivity contribution is 5.84. The van der Waals surface area contributed by atoms with E-state index in [9.17, 15) is 5.11 Å². The van der Waals surface area contributed by atoms with E-state index >= 15 is 0 Å². The SMILES string of the molecule is OC1CCC(NCc2cccc3cnccc23)CC1. The Morgan fingerprint density at radius 3 is 2.84 bits per heavy atom. The number of benzene rings is 1. The summed E-state index contributed by atoms with van der Waals surface area (Å²) in [5.41, 5.74) is 1.33. The van der Waals surface area contributed by atoms with Crippen LogP contribution in [0.1, 0.15) is 31.2 Å².